The molecule has 1 aliphatic heterocycles. The van der Waals surface area contributed by atoms with E-state index >= 15 is 0 Å². The van der Waals surface area contributed by atoms with Crippen LogP contribution in [-0.4, -0.2) is 58.8 Å². The maximum atomic E-state index is 12.4. The summed E-state index contributed by atoms with van der Waals surface area (Å²) in [6, 6.07) is 13.6. The number of benzene rings is 1. The second kappa shape index (κ2) is 8.87. The van der Waals surface area contributed by atoms with Crippen molar-refractivity contribution < 1.29 is 4.79 Å². The van der Waals surface area contributed by atoms with Crippen LogP contribution in [0, 0.1) is 0 Å². The fourth-order valence-corrected chi connectivity index (χ4v) is 3.37. The number of likely N-dealkylation sites (N-methyl/N-ethyl adjacent to an activating group) is 1. The fraction of sp³-hybridized carbons (Fsp3) is 0.318. The summed E-state index contributed by atoms with van der Waals surface area (Å²) >= 11 is 0. The lowest BCUT2D eigenvalue weighted by Gasteiger charge is -2.33. The van der Waals surface area contributed by atoms with Crippen molar-refractivity contribution in [1.29, 1.82) is 0 Å². The van der Waals surface area contributed by atoms with Gasteiger partial charge in [-0.2, -0.15) is 5.10 Å². The molecule has 1 amide bonds. The number of pyridine rings is 1. The van der Waals surface area contributed by atoms with Crippen LogP contribution in [0.1, 0.15) is 21.5 Å². The van der Waals surface area contributed by atoms with Gasteiger partial charge in [-0.25, -0.2) is 4.98 Å². The van der Waals surface area contributed by atoms with Crippen LogP contribution in [0.2, 0.25) is 0 Å². The van der Waals surface area contributed by atoms with E-state index in [-0.39, 0.29) is 5.91 Å². The third-order valence-corrected chi connectivity index (χ3v) is 5.21. The molecule has 150 valence electrons. The van der Waals surface area contributed by atoms with Crippen LogP contribution < -0.4 is 10.2 Å². The lowest BCUT2D eigenvalue weighted by atomic mass is 10.1. The van der Waals surface area contributed by atoms with Gasteiger partial charge in [0.25, 0.3) is 5.91 Å². The molecule has 4 rings (SSSR count). The first-order valence-corrected chi connectivity index (χ1v) is 9.90. The predicted octanol–water partition coefficient (Wildman–Crippen LogP) is 2.01. The van der Waals surface area contributed by atoms with E-state index in [9.17, 15) is 4.79 Å². The van der Waals surface area contributed by atoms with Gasteiger partial charge in [-0.05, 0) is 42.4 Å². The molecule has 0 radical (unpaired) electrons. The van der Waals surface area contributed by atoms with Gasteiger partial charge < -0.3 is 15.1 Å². The van der Waals surface area contributed by atoms with Crippen molar-refractivity contribution in [1.82, 2.24) is 25.0 Å². The van der Waals surface area contributed by atoms with Crippen molar-refractivity contribution in [2.45, 2.75) is 13.1 Å². The number of anilines is 1. The highest BCUT2D eigenvalue weighted by molar-refractivity contribution is 5.94. The van der Waals surface area contributed by atoms with Gasteiger partial charge in [-0.1, -0.05) is 18.2 Å². The standard InChI is InChI=1S/C22H26N6O/c1-26-11-13-27(14-12-26)21-8-5-19(15-23-21)16-24-22(29)20-6-3-18(4-7-20)17-28-10-2-9-25-28/h2-10,15H,11-14,16-17H2,1H3,(H,24,29). The van der Waals surface area contributed by atoms with E-state index in [0.29, 0.717) is 18.7 Å². The third kappa shape index (κ3) is 5.00. The van der Waals surface area contributed by atoms with E-state index in [1.807, 2.05) is 59.5 Å². The van der Waals surface area contributed by atoms with Gasteiger partial charge in [-0.3, -0.25) is 9.48 Å². The Kier molecular flexibility index (Phi) is 5.86. The molecule has 29 heavy (non-hydrogen) atoms. The molecule has 0 unspecified atom stereocenters. The molecule has 0 saturated carbocycles. The van der Waals surface area contributed by atoms with E-state index in [4.69, 9.17) is 0 Å². The predicted molar refractivity (Wildman–Crippen MR) is 113 cm³/mol. The average Bonchev–Trinajstić information content (AvgIpc) is 3.27. The van der Waals surface area contributed by atoms with Crippen molar-refractivity contribution in [3.63, 3.8) is 0 Å². The minimum atomic E-state index is -0.0845. The minimum Gasteiger partial charge on any atom is -0.354 e. The summed E-state index contributed by atoms with van der Waals surface area (Å²) in [7, 11) is 2.14. The second-order valence-electron chi connectivity index (χ2n) is 7.40. The van der Waals surface area contributed by atoms with Crippen LogP contribution in [0.4, 0.5) is 5.82 Å². The molecule has 1 saturated heterocycles. The number of amides is 1. The number of nitrogens with zero attached hydrogens (tertiary/aromatic N) is 5. The highest BCUT2D eigenvalue weighted by atomic mass is 16.1. The highest BCUT2D eigenvalue weighted by Crippen LogP contribution is 2.14. The maximum Gasteiger partial charge on any atom is 0.251 e. The van der Waals surface area contributed by atoms with Crippen molar-refractivity contribution in [3.8, 4) is 0 Å². The Morgan fingerprint density at radius 1 is 1.03 bits per heavy atom. The Bertz CT molecular complexity index is 913. The summed E-state index contributed by atoms with van der Waals surface area (Å²) in [5.74, 6) is 0.916. The zero-order chi connectivity index (χ0) is 20.1. The third-order valence-electron chi connectivity index (χ3n) is 5.21. The van der Waals surface area contributed by atoms with Crippen LogP contribution in [0.25, 0.3) is 0 Å². The topological polar surface area (TPSA) is 66.3 Å². The Morgan fingerprint density at radius 3 is 2.45 bits per heavy atom. The van der Waals surface area contributed by atoms with Crippen LogP contribution in [-0.2, 0) is 13.1 Å². The molecule has 1 N–H and O–H groups in total. The first-order valence-electron chi connectivity index (χ1n) is 9.90. The molecule has 0 atom stereocenters. The molecular formula is C22H26N6O. The largest absolute Gasteiger partial charge is 0.354 e. The van der Waals surface area contributed by atoms with Crippen LogP contribution in [0.15, 0.2) is 61.1 Å². The molecule has 0 aliphatic carbocycles. The average molecular weight is 390 g/mol. The monoisotopic (exact) mass is 390 g/mol. The highest BCUT2D eigenvalue weighted by Gasteiger charge is 2.15. The summed E-state index contributed by atoms with van der Waals surface area (Å²) in [5.41, 5.74) is 2.75. The smallest absolute Gasteiger partial charge is 0.251 e. The number of aromatic nitrogens is 3. The number of hydrogen-bond acceptors (Lipinski definition) is 5. The fourth-order valence-electron chi connectivity index (χ4n) is 3.37. The quantitative estimate of drug-likeness (QED) is 0.697. The molecule has 1 fully saturated rings. The molecule has 0 bridgehead atoms. The first-order chi connectivity index (χ1) is 14.2. The van der Waals surface area contributed by atoms with E-state index in [1.54, 1.807) is 6.20 Å². The van der Waals surface area contributed by atoms with Gasteiger partial charge in [0.15, 0.2) is 0 Å². The van der Waals surface area contributed by atoms with Gasteiger partial charge in [0.05, 0.1) is 6.54 Å². The minimum absolute atomic E-state index is 0.0845. The van der Waals surface area contributed by atoms with E-state index < -0.39 is 0 Å². The summed E-state index contributed by atoms with van der Waals surface area (Å²) in [5, 5.41) is 7.17. The number of rotatable bonds is 6. The van der Waals surface area contributed by atoms with Crippen molar-refractivity contribution in [2.24, 2.45) is 0 Å². The van der Waals surface area contributed by atoms with Crippen LogP contribution in [0.3, 0.4) is 0 Å². The Labute approximate surface area is 171 Å². The molecular weight excluding hydrogens is 364 g/mol. The first kappa shape index (κ1) is 19.1. The summed E-state index contributed by atoms with van der Waals surface area (Å²) < 4.78 is 1.86. The van der Waals surface area contributed by atoms with E-state index in [1.165, 1.54) is 0 Å². The van der Waals surface area contributed by atoms with Crippen molar-refractivity contribution in [3.05, 3.63) is 77.7 Å². The number of carbonyl (C=O) groups excluding carboxylic acids is 1. The number of carbonyl (C=O) groups is 1. The van der Waals surface area contributed by atoms with Gasteiger partial charge in [0.1, 0.15) is 5.82 Å². The molecule has 1 aliphatic rings. The lowest BCUT2D eigenvalue weighted by Crippen LogP contribution is -2.44. The molecule has 0 spiro atoms. The number of hydrogen-bond donors (Lipinski definition) is 1. The maximum absolute atomic E-state index is 12.4. The van der Waals surface area contributed by atoms with Crippen molar-refractivity contribution >= 4 is 11.7 Å². The molecule has 7 heteroatoms. The summed E-state index contributed by atoms with van der Waals surface area (Å²) in [6.45, 7) is 5.26. The SMILES string of the molecule is CN1CCN(c2ccc(CNC(=O)c3ccc(Cn4cccn4)cc3)cn2)CC1. The van der Waals surface area contributed by atoms with Crippen LogP contribution >= 0.6 is 0 Å². The summed E-state index contributed by atoms with van der Waals surface area (Å²) in [4.78, 5) is 21.6. The van der Waals surface area contributed by atoms with Gasteiger partial charge in [-0.15, -0.1) is 0 Å². The molecule has 1 aromatic carbocycles. The van der Waals surface area contributed by atoms with Gasteiger partial charge in [0, 0.05) is 56.9 Å². The molecule has 2 aromatic heterocycles. The zero-order valence-corrected chi connectivity index (χ0v) is 16.7. The van der Waals surface area contributed by atoms with Gasteiger partial charge >= 0.3 is 0 Å². The number of piperazine rings is 1. The Hall–Kier alpha value is -3.19. The Morgan fingerprint density at radius 2 is 1.79 bits per heavy atom. The van der Waals surface area contributed by atoms with Crippen molar-refractivity contribution in [2.75, 3.05) is 38.1 Å². The lowest BCUT2D eigenvalue weighted by molar-refractivity contribution is 0.0951. The Balaban J connectivity index is 1.29. The molecule has 7 nitrogen and oxygen atoms in total. The second-order valence-corrected chi connectivity index (χ2v) is 7.40. The molecule has 3 aromatic rings. The van der Waals surface area contributed by atoms with Crippen LogP contribution in [0.5, 0.6) is 0 Å². The van der Waals surface area contributed by atoms with E-state index in [2.05, 4.69) is 32.2 Å². The van der Waals surface area contributed by atoms with Gasteiger partial charge in [0.2, 0.25) is 0 Å². The van der Waals surface area contributed by atoms with E-state index in [0.717, 1.165) is 43.1 Å². The molecule has 3 heterocycles. The number of nitrogens with one attached hydrogen (secondary N) is 1. The normalized spacial score (nSPS) is 14.7. The zero-order valence-electron chi connectivity index (χ0n) is 16.7. The summed E-state index contributed by atoms with van der Waals surface area (Å²) in [6.07, 6.45) is 5.53.